The highest BCUT2D eigenvalue weighted by Crippen LogP contribution is 2.45. The van der Waals surface area contributed by atoms with Gasteiger partial charge in [-0.25, -0.2) is 0 Å². The number of nitrogens with zero attached hydrogens (tertiary/aromatic N) is 1. The van der Waals surface area contributed by atoms with E-state index in [4.69, 9.17) is 24.7 Å². The molecule has 3 heterocycles. The first kappa shape index (κ1) is 25.1. The zero-order valence-corrected chi connectivity index (χ0v) is 22.4. The van der Waals surface area contributed by atoms with Crippen molar-refractivity contribution in [3.63, 3.8) is 0 Å². The summed E-state index contributed by atoms with van der Waals surface area (Å²) in [6.07, 6.45) is 2.81. The summed E-state index contributed by atoms with van der Waals surface area (Å²) in [6.45, 7) is 0.865. The molecule has 1 aromatic heterocycles. The van der Waals surface area contributed by atoms with Gasteiger partial charge in [0, 0.05) is 17.4 Å². The number of Topliss-reactive ketones (excluding diaryl/α,β-unsaturated/α-hetero) is 1. The van der Waals surface area contributed by atoms with Crippen molar-refractivity contribution >= 4 is 16.6 Å². The molecule has 6 rings (SSSR count). The number of aryl methyl sites for hydroxylation is 2. The normalized spacial score (nSPS) is 13.8. The fraction of sp³-hybridized carbons (Fsp3) is 0.214. The van der Waals surface area contributed by atoms with Crippen LogP contribution in [0.5, 0.6) is 28.7 Å². The first-order valence-electron chi connectivity index (χ1n) is 11.6. The monoisotopic (exact) mass is 612 g/mol. The van der Waals surface area contributed by atoms with Crippen LogP contribution in [0.2, 0.25) is 0 Å². The number of methoxy groups -OCH3 is 2. The molecule has 190 valence electrons. The van der Waals surface area contributed by atoms with Crippen molar-refractivity contribution < 1.29 is 57.4 Å². The fourth-order valence-electron chi connectivity index (χ4n) is 5.20. The summed E-state index contributed by atoms with van der Waals surface area (Å²) in [4.78, 5) is 13.6. The molecule has 8 nitrogen and oxygen atoms in total. The van der Waals surface area contributed by atoms with E-state index in [-0.39, 0.29) is 42.3 Å². The fourth-order valence-corrected chi connectivity index (χ4v) is 5.20. The van der Waals surface area contributed by atoms with Crippen LogP contribution in [0.3, 0.4) is 0 Å². The second kappa shape index (κ2) is 9.71. The number of phenolic OH excluding ortho intramolecular Hbond substituents is 1. The van der Waals surface area contributed by atoms with E-state index in [0.29, 0.717) is 34.9 Å². The molecule has 3 aromatic carbocycles. The van der Waals surface area contributed by atoms with Gasteiger partial charge in [0.15, 0.2) is 41.5 Å². The van der Waals surface area contributed by atoms with Crippen LogP contribution < -0.4 is 53.2 Å². The number of rotatable bonds is 5. The molecule has 0 saturated carbocycles. The number of aromatic nitrogens is 1. The Bertz CT molecular complexity index is 1540. The molecule has 0 radical (unpaired) electrons. The van der Waals surface area contributed by atoms with Gasteiger partial charge in [-0.05, 0) is 54.1 Å². The third kappa shape index (κ3) is 4.02. The molecule has 2 aliphatic heterocycles. The number of halogens is 1. The number of nitrogens with two attached hydrogens (primary N) is 1. The van der Waals surface area contributed by atoms with Gasteiger partial charge in [0.25, 0.3) is 0 Å². The number of carbonyl (C=O) groups is 1. The van der Waals surface area contributed by atoms with Crippen LogP contribution in [-0.4, -0.2) is 31.9 Å². The van der Waals surface area contributed by atoms with E-state index in [2.05, 4.69) is 4.57 Å². The van der Waals surface area contributed by atoms with Gasteiger partial charge in [0.05, 0.1) is 30.7 Å². The smallest absolute Gasteiger partial charge is 0.231 e. The van der Waals surface area contributed by atoms with Gasteiger partial charge in [0.1, 0.15) is 11.8 Å². The number of hydrogen-bond acceptors (Lipinski definition) is 7. The Hall–Kier alpha value is -3.57. The minimum atomic E-state index is -0.978. The number of ether oxygens (including phenoxy) is 4. The van der Waals surface area contributed by atoms with Crippen LogP contribution >= 0.6 is 0 Å². The molecule has 0 saturated heterocycles. The highest BCUT2D eigenvalue weighted by molar-refractivity contribution is 6.05. The number of phenols is 1. The van der Waals surface area contributed by atoms with Crippen LogP contribution in [-0.2, 0) is 13.0 Å². The van der Waals surface area contributed by atoms with E-state index in [9.17, 15) is 9.90 Å². The van der Waals surface area contributed by atoms with Gasteiger partial charge >= 0.3 is 0 Å². The Labute approximate surface area is 230 Å². The van der Waals surface area contributed by atoms with E-state index in [1.54, 1.807) is 26.4 Å². The van der Waals surface area contributed by atoms with Crippen LogP contribution in [0, 0.1) is 0 Å². The second-order valence-electron chi connectivity index (χ2n) is 8.85. The average Bonchev–Trinajstić information content (AvgIpc) is 3.36. The molecule has 2 aliphatic rings. The Morgan fingerprint density at radius 3 is 2.46 bits per heavy atom. The summed E-state index contributed by atoms with van der Waals surface area (Å²) in [5, 5.41) is 11.3. The zero-order valence-electron chi connectivity index (χ0n) is 20.3. The van der Waals surface area contributed by atoms with E-state index < -0.39 is 6.04 Å². The van der Waals surface area contributed by atoms with Crippen molar-refractivity contribution in [1.82, 2.24) is 0 Å². The lowest BCUT2D eigenvalue weighted by Crippen LogP contribution is -3.00. The minimum Gasteiger partial charge on any atom is -1.00 e. The lowest BCUT2D eigenvalue weighted by atomic mass is 9.86. The number of aromatic hydroxyl groups is 1. The third-order valence-electron chi connectivity index (χ3n) is 6.92. The molecule has 3 N–H and O–H groups in total. The second-order valence-corrected chi connectivity index (χ2v) is 8.85. The van der Waals surface area contributed by atoms with E-state index in [1.165, 1.54) is 12.1 Å². The van der Waals surface area contributed by atoms with Gasteiger partial charge < -0.3 is 53.8 Å². The maximum Gasteiger partial charge on any atom is 0.231 e. The molecule has 9 heteroatoms. The highest BCUT2D eigenvalue weighted by atomic mass is 127. The van der Waals surface area contributed by atoms with Gasteiger partial charge in [-0.15, -0.1) is 0 Å². The summed E-state index contributed by atoms with van der Waals surface area (Å²) in [5.74, 6) is 2.38. The molecule has 0 aliphatic carbocycles. The van der Waals surface area contributed by atoms with E-state index >= 15 is 0 Å². The van der Waals surface area contributed by atoms with Crippen molar-refractivity contribution in [2.45, 2.75) is 19.0 Å². The van der Waals surface area contributed by atoms with Crippen molar-refractivity contribution in [3.8, 4) is 40.0 Å². The quantitative estimate of drug-likeness (QED) is 0.194. The number of hydrogen-bond donors (Lipinski definition) is 2. The lowest BCUT2D eigenvalue weighted by molar-refractivity contribution is -0.686. The Morgan fingerprint density at radius 2 is 1.76 bits per heavy atom. The number of fused-ring (bicyclic) bond motifs is 5. The summed E-state index contributed by atoms with van der Waals surface area (Å²) in [5.41, 5.74) is 10.8. The Balaban J connectivity index is 0.00000280. The lowest BCUT2D eigenvalue weighted by Gasteiger charge is -2.23. The van der Waals surface area contributed by atoms with Crippen molar-refractivity contribution in [3.05, 3.63) is 71.4 Å². The highest BCUT2D eigenvalue weighted by Gasteiger charge is 2.36. The molecule has 0 amide bonds. The molecule has 4 aromatic rings. The van der Waals surface area contributed by atoms with E-state index in [1.807, 2.05) is 30.5 Å². The number of benzene rings is 3. The van der Waals surface area contributed by atoms with Crippen molar-refractivity contribution in [2.24, 2.45) is 5.73 Å². The molecule has 0 spiro atoms. The van der Waals surface area contributed by atoms with Gasteiger partial charge in [-0.3, -0.25) is 4.79 Å². The maximum atomic E-state index is 13.6. The first-order valence-corrected chi connectivity index (χ1v) is 11.6. The number of ketones is 1. The van der Waals surface area contributed by atoms with E-state index in [0.717, 1.165) is 39.8 Å². The standard InChI is InChI=1S/C28H24N2O6.HI/c1-33-21-8-7-18-20(28(21)34-2)13-30-10-9-16-11-22-23(36-14-35-22)12-19(16)26(30)24(18)25(29)27(32)15-3-5-17(31)6-4-15;/h3-8,11-13,25H,9-10,14,29H2,1-2H3;1H. The molecule has 0 fully saturated rings. The van der Waals surface area contributed by atoms with Crippen LogP contribution in [0.25, 0.3) is 22.0 Å². The van der Waals surface area contributed by atoms with Crippen LogP contribution in [0.4, 0.5) is 0 Å². The van der Waals surface area contributed by atoms with Gasteiger partial charge in [0.2, 0.25) is 12.5 Å². The average molecular weight is 612 g/mol. The summed E-state index contributed by atoms with van der Waals surface area (Å²) < 4.78 is 24.7. The minimum absolute atomic E-state index is 0. The number of pyridine rings is 1. The summed E-state index contributed by atoms with van der Waals surface area (Å²) >= 11 is 0. The SMILES string of the molecule is COc1ccc2c(C(N)C(=O)c3ccc(O)cc3)c3[n+](cc2c1OC)CCc1cc2c(cc1-3)OCO2.[I-]. The molecular weight excluding hydrogens is 587 g/mol. The number of carbonyl (C=O) groups excluding carboxylic acids is 1. The Kier molecular flexibility index (Phi) is 6.59. The van der Waals surface area contributed by atoms with Gasteiger partial charge in [-0.2, -0.15) is 4.57 Å². The van der Waals surface area contributed by atoms with Gasteiger partial charge in [-0.1, -0.05) is 0 Å². The van der Waals surface area contributed by atoms with Crippen molar-refractivity contribution in [1.29, 1.82) is 0 Å². The summed E-state index contributed by atoms with van der Waals surface area (Å²) in [7, 11) is 3.19. The Morgan fingerprint density at radius 1 is 1.03 bits per heavy atom. The van der Waals surface area contributed by atoms with Crippen LogP contribution in [0.15, 0.2) is 54.7 Å². The maximum absolute atomic E-state index is 13.6. The van der Waals surface area contributed by atoms with Crippen molar-refractivity contribution in [2.75, 3.05) is 21.0 Å². The topological polar surface area (TPSA) is 104 Å². The molecule has 1 atom stereocenters. The molecule has 37 heavy (non-hydrogen) atoms. The molecule has 1 unspecified atom stereocenters. The predicted molar refractivity (Wildman–Crippen MR) is 132 cm³/mol. The predicted octanol–water partition coefficient (Wildman–Crippen LogP) is 0.689. The first-order chi connectivity index (χ1) is 17.5. The third-order valence-corrected chi connectivity index (χ3v) is 6.92. The van der Waals surface area contributed by atoms with Crippen LogP contribution in [0.1, 0.15) is 27.5 Å². The largest absolute Gasteiger partial charge is 1.00 e. The molecule has 0 bridgehead atoms. The summed E-state index contributed by atoms with van der Waals surface area (Å²) in [6, 6.07) is 12.9. The molecular formula is C28H25IN2O6. The zero-order chi connectivity index (χ0) is 25.0.